The fourth-order valence-corrected chi connectivity index (χ4v) is 3.88. The molecule has 3 rings (SSSR count). The molecule has 2 N–H and O–H groups in total. The van der Waals surface area contributed by atoms with Crippen molar-refractivity contribution in [2.45, 2.75) is 31.6 Å². The Bertz CT molecular complexity index is 968. The van der Waals surface area contributed by atoms with Crippen molar-refractivity contribution in [2.75, 3.05) is 0 Å². The lowest BCUT2D eigenvalue weighted by atomic mass is 9.84. The Labute approximate surface area is 154 Å². The van der Waals surface area contributed by atoms with Crippen LogP contribution in [0, 0.1) is 11.2 Å². The zero-order chi connectivity index (χ0) is 18.9. The predicted octanol–water partition coefficient (Wildman–Crippen LogP) is 4.76. The fraction of sp³-hybridized carbons (Fsp3) is 0.238. The van der Waals surface area contributed by atoms with Gasteiger partial charge in [-0.25, -0.2) is 17.9 Å². The first kappa shape index (κ1) is 18.5. The fourth-order valence-electron chi connectivity index (χ4n) is 3.36. The summed E-state index contributed by atoms with van der Waals surface area (Å²) in [5.74, 6) is -0.271. The van der Waals surface area contributed by atoms with Crippen molar-refractivity contribution in [1.82, 2.24) is 0 Å². The van der Waals surface area contributed by atoms with Crippen LogP contribution in [-0.4, -0.2) is 8.42 Å². The second-order valence-corrected chi connectivity index (χ2v) is 8.19. The molecule has 2 aromatic carbocycles. The van der Waals surface area contributed by atoms with Crippen LogP contribution < -0.4 is 5.14 Å². The Balaban J connectivity index is 2.10. The van der Waals surface area contributed by atoms with Gasteiger partial charge >= 0.3 is 0 Å². The zero-order valence-corrected chi connectivity index (χ0v) is 15.7. The topological polar surface area (TPSA) is 60.2 Å². The summed E-state index contributed by atoms with van der Waals surface area (Å²) >= 11 is 0. The Morgan fingerprint density at radius 3 is 1.65 bits per heavy atom. The van der Waals surface area contributed by atoms with E-state index in [2.05, 4.69) is 26.0 Å². The number of primary sulfonamides is 1. The van der Waals surface area contributed by atoms with Crippen molar-refractivity contribution in [2.24, 2.45) is 10.6 Å². The van der Waals surface area contributed by atoms with Crippen LogP contribution in [0.5, 0.6) is 0 Å². The van der Waals surface area contributed by atoms with Gasteiger partial charge in [0.15, 0.2) is 0 Å². The molecule has 0 atom stereocenters. The first-order valence-electron chi connectivity index (χ1n) is 8.63. The third-order valence-corrected chi connectivity index (χ3v) is 6.05. The highest BCUT2D eigenvalue weighted by molar-refractivity contribution is 7.89. The molecule has 1 aliphatic carbocycles. The lowest BCUT2D eigenvalue weighted by Gasteiger charge is -2.20. The quantitative estimate of drug-likeness (QED) is 0.824. The molecule has 1 aliphatic rings. The Morgan fingerprint density at radius 1 is 0.846 bits per heavy atom. The van der Waals surface area contributed by atoms with E-state index in [4.69, 9.17) is 5.14 Å². The number of nitrogens with two attached hydrogens (primary N) is 1. The maximum Gasteiger partial charge on any atom is 0.238 e. The molecule has 0 saturated heterocycles. The van der Waals surface area contributed by atoms with Gasteiger partial charge in [0.1, 0.15) is 5.82 Å². The molecule has 0 aromatic heterocycles. The van der Waals surface area contributed by atoms with Crippen molar-refractivity contribution in [3.63, 3.8) is 0 Å². The van der Waals surface area contributed by atoms with E-state index in [-0.39, 0.29) is 16.1 Å². The monoisotopic (exact) mass is 371 g/mol. The smallest absolute Gasteiger partial charge is 0.225 e. The number of hydrogen-bond acceptors (Lipinski definition) is 2. The van der Waals surface area contributed by atoms with Crippen molar-refractivity contribution in [3.05, 3.63) is 77.6 Å². The molecule has 3 nitrogen and oxygen atoms in total. The molecular weight excluding hydrogens is 349 g/mol. The van der Waals surface area contributed by atoms with Crippen LogP contribution >= 0.6 is 0 Å². The summed E-state index contributed by atoms with van der Waals surface area (Å²) in [6.07, 6.45) is 6.38. The maximum atomic E-state index is 13.3. The molecule has 26 heavy (non-hydrogen) atoms. The van der Waals surface area contributed by atoms with Gasteiger partial charge in [-0.05, 0) is 59.4 Å². The molecule has 0 amide bonds. The summed E-state index contributed by atoms with van der Waals surface area (Å²) in [7, 11) is -3.72. The Morgan fingerprint density at radius 2 is 1.27 bits per heavy atom. The first-order valence-corrected chi connectivity index (χ1v) is 10.2. The highest BCUT2D eigenvalue weighted by atomic mass is 32.2. The summed E-state index contributed by atoms with van der Waals surface area (Å²) < 4.78 is 36.3. The number of hydrogen-bond donors (Lipinski definition) is 1. The minimum Gasteiger partial charge on any atom is -0.225 e. The third-order valence-electron chi connectivity index (χ3n) is 5.12. The lowest BCUT2D eigenvalue weighted by Crippen LogP contribution is -2.11. The molecule has 0 heterocycles. The van der Waals surface area contributed by atoms with Gasteiger partial charge in [0.25, 0.3) is 0 Å². The Hall–Kier alpha value is -2.24. The second-order valence-electron chi connectivity index (χ2n) is 6.63. The van der Waals surface area contributed by atoms with Crippen molar-refractivity contribution in [1.29, 1.82) is 0 Å². The number of sulfonamides is 1. The first-order chi connectivity index (χ1) is 12.3. The standard InChI is InChI=1S/C21H22FNO2S/c1-3-21(4-2)13-19(15-5-9-17(22)10-6-15)20(14-21)16-7-11-18(12-8-16)26(23,24)25/h5-14H,3-4H2,1-2H3,(H2,23,24,25). The zero-order valence-electron chi connectivity index (χ0n) is 14.9. The van der Waals surface area contributed by atoms with Crippen LogP contribution in [0.15, 0.2) is 65.6 Å². The minimum absolute atomic E-state index is 0.0579. The molecule has 0 bridgehead atoms. The minimum atomic E-state index is -3.72. The van der Waals surface area contributed by atoms with Gasteiger partial charge in [-0.3, -0.25) is 0 Å². The SMILES string of the molecule is CCC1(CC)C=C(c2ccc(F)cc2)C(c2ccc(S(N)(=O)=O)cc2)=C1. The summed E-state index contributed by atoms with van der Waals surface area (Å²) in [6, 6.07) is 13.0. The number of allylic oxidation sites excluding steroid dienone is 4. The van der Waals surface area contributed by atoms with Crippen molar-refractivity contribution < 1.29 is 12.8 Å². The number of rotatable bonds is 5. The Kier molecular flexibility index (Phi) is 4.86. The van der Waals surface area contributed by atoms with E-state index in [1.807, 2.05) is 0 Å². The highest BCUT2D eigenvalue weighted by Gasteiger charge is 2.30. The average molecular weight is 371 g/mol. The summed E-state index contributed by atoms with van der Waals surface area (Å²) in [4.78, 5) is 0.0874. The summed E-state index contributed by atoms with van der Waals surface area (Å²) in [6.45, 7) is 4.29. The van der Waals surface area contributed by atoms with E-state index < -0.39 is 10.0 Å². The van der Waals surface area contributed by atoms with Gasteiger partial charge in [-0.1, -0.05) is 50.3 Å². The van der Waals surface area contributed by atoms with E-state index in [1.165, 1.54) is 24.3 Å². The van der Waals surface area contributed by atoms with E-state index in [1.54, 1.807) is 24.3 Å². The maximum absolute atomic E-state index is 13.3. The molecule has 0 unspecified atom stereocenters. The molecule has 0 radical (unpaired) electrons. The lowest BCUT2D eigenvalue weighted by molar-refractivity contribution is 0.464. The molecule has 5 heteroatoms. The molecule has 0 spiro atoms. The van der Waals surface area contributed by atoms with E-state index >= 15 is 0 Å². The van der Waals surface area contributed by atoms with Crippen LogP contribution in [0.4, 0.5) is 4.39 Å². The molecule has 2 aromatic rings. The largest absolute Gasteiger partial charge is 0.238 e. The van der Waals surface area contributed by atoms with Crippen LogP contribution in [0.1, 0.15) is 37.8 Å². The van der Waals surface area contributed by atoms with Crippen LogP contribution in [0.3, 0.4) is 0 Å². The van der Waals surface area contributed by atoms with Gasteiger partial charge < -0.3 is 0 Å². The van der Waals surface area contributed by atoms with Gasteiger partial charge in [0.2, 0.25) is 10.0 Å². The van der Waals surface area contributed by atoms with Crippen LogP contribution in [0.25, 0.3) is 11.1 Å². The second kappa shape index (κ2) is 6.82. The highest BCUT2D eigenvalue weighted by Crippen LogP contribution is 2.47. The van der Waals surface area contributed by atoms with Gasteiger partial charge in [0.05, 0.1) is 4.90 Å². The van der Waals surface area contributed by atoms with E-state index in [9.17, 15) is 12.8 Å². The predicted molar refractivity (Wildman–Crippen MR) is 103 cm³/mol. The van der Waals surface area contributed by atoms with Crippen LogP contribution in [0.2, 0.25) is 0 Å². The molecular formula is C21H22FNO2S. The van der Waals surface area contributed by atoms with E-state index in [0.717, 1.165) is 35.1 Å². The van der Waals surface area contributed by atoms with Gasteiger partial charge in [0, 0.05) is 5.41 Å². The summed E-state index contributed by atoms with van der Waals surface area (Å²) in [5.41, 5.74) is 3.87. The molecule has 0 aliphatic heterocycles. The van der Waals surface area contributed by atoms with Crippen molar-refractivity contribution in [3.8, 4) is 0 Å². The average Bonchev–Trinajstić information content (AvgIpc) is 3.02. The van der Waals surface area contributed by atoms with Crippen molar-refractivity contribution >= 4 is 21.2 Å². The van der Waals surface area contributed by atoms with E-state index in [0.29, 0.717) is 0 Å². The van der Waals surface area contributed by atoms with Gasteiger partial charge in [-0.15, -0.1) is 0 Å². The third kappa shape index (κ3) is 3.50. The number of halogens is 1. The summed E-state index contributed by atoms with van der Waals surface area (Å²) in [5, 5.41) is 5.19. The van der Waals surface area contributed by atoms with Crippen LogP contribution in [-0.2, 0) is 10.0 Å². The molecule has 136 valence electrons. The normalized spacial score (nSPS) is 16.3. The van der Waals surface area contributed by atoms with Gasteiger partial charge in [-0.2, -0.15) is 0 Å². The number of benzene rings is 2. The molecule has 0 fully saturated rings. The molecule has 0 saturated carbocycles.